The molecule has 0 radical (unpaired) electrons. The molecule has 1 aromatic rings. The number of hydrogen-bond acceptors (Lipinski definition) is 6. The Kier molecular flexibility index (Phi) is 3.79. The number of ether oxygens (including phenoxy) is 1. The topological polar surface area (TPSA) is 102 Å². The van der Waals surface area contributed by atoms with Crippen LogP contribution in [0.3, 0.4) is 0 Å². The molecule has 0 aliphatic carbocycles. The maximum atomic E-state index is 12.8. The van der Waals surface area contributed by atoms with Crippen LogP contribution in [-0.4, -0.2) is 50.9 Å². The first-order valence-corrected chi connectivity index (χ1v) is 8.41. The first-order chi connectivity index (χ1) is 10.4. The first kappa shape index (κ1) is 15.2. The van der Waals surface area contributed by atoms with Gasteiger partial charge in [-0.25, -0.2) is 8.42 Å². The molecule has 2 aliphatic rings. The zero-order valence-electron chi connectivity index (χ0n) is 12.1. The molecule has 2 fully saturated rings. The van der Waals surface area contributed by atoms with Crippen molar-refractivity contribution in [2.24, 2.45) is 11.8 Å². The van der Waals surface area contributed by atoms with Crippen molar-refractivity contribution in [1.29, 1.82) is 0 Å². The minimum absolute atomic E-state index is 0.258. The van der Waals surface area contributed by atoms with Crippen LogP contribution in [0.4, 0.5) is 5.69 Å². The summed E-state index contributed by atoms with van der Waals surface area (Å²) < 4.78 is 31.8. The van der Waals surface area contributed by atoms with Gasteiger partial charge in [-0.2, -0.15) is 4.31 Å². The molecule has 0 amide bonds. The summed E-state index contributed by atoms with van der Waals surface area (Å²) in [5.41, 5.74) is -0.450. The smallest absolute Gasteiger partial charge is 0.293 e. The summed E-state index contributed by atoms with van der Waals surface area (Å²) in [5.74, 6) is 0.826. The van der Waals surface area contributed by atoms with Crippen molar-refractivity contribution in [2.45, 2.75) is 4.90 Å². The monoisotopic (exact) mass is 327 g/mol. The van der Waals surface area contributed by atoms with E-state index in [2.05, 4.69) is 5.32 Å². The molecule has 2 atom stereocenters. The highest BCUT2D eigenvalue weighted by molar-refractivity contribution is 7.89. The van der Waals surface area contributed by atoms with Crippen LogP contribution in [-0.2, 0) is 10.0 Å². The Labute approximate surface area is 128 Å². The molecule has 0 spiro atoms. The molecule has 0 aromatic heterocycles. The highest BCUT2D eigenvalue weighted by Crippen LogP contribution is 2.35. The van der Waals surface area contributed by atoms with E-state index in [1.54, 1.807) is 0 Å². The molecule has 2 aliphatic heterocycles. The summed E-state index contributed by atoms with van der Waals surface area (Å²) >= 11 is 0. The van der Waals surface area contributed by atoms with E-state index >= 15 is 0 Å². The van der Waals surface area contributed by atoms with Gasteiger partial charge < -0.3 is 10.1 Å². The standard InChI is InChI=1S/C13H17N3O5S/c1-21-11-2-3-13(12(4-11)16(17)18)22(19,20)15-7-9-5-14-6-10(9)8-15/h2-4,9-10,14H,5-8H2,1H3/t9-,10+. The van der Waals surface area contributed by atoms with Crippen molar-refractivity contribution < 1.29 is 18.1 Å². The number of nitrogens with one attached hydrogen (secondary N) is 1. The number of benzene rings is 1. The molecule has 8 nitrogen and oxygen atoms in total. The quantitative estimate of drug-likeness (QED) is 0.636. The molecule has 0 saturated carbocycles. The second-order valence-electron chi connectivity index (χ2n) is 5.59. The third-order valence-electron chi connectivity index (χ3n) is 4.34. The number of fused-ring (bicyclic) bond motifs is 1. The van der Waals surface area contributed by atoms with Gasteiger partial charge in [-0.1, -0.05) is 0 Å². The summed E-state index contributed by atoms with van der Waals surface area (Å²) in [7, 11) is -2.50. The number of methoxy groups -OCH3 is 1. The average Bonchev–Trinajstić information content (AvgIpc) is 3.07. The van der Waals surface area contributed by atoms with E-state index in [-0.39, 0.29) is 22.5 Å². The fourth-order valence-electron chi connectivity index (χ4n) is 3.13. The van der Waals surface area contributed by atoms with Gasteiger partial charge in [0, 0.05) is 13.1 Å². The highest BCUT2D eigenvalue weighted by atomic mass is 32.2. The van der Waals surface area contributed by atoms with Gasteiger partial charge >= 0.3 is 0 Å². The zero-order chi connectivity index (χ0) is 15.9. The molecule has 1 aromatic carbocycles. The third-order valence-corrected chi connectivity index (χ3v) is 6.22. The Bertz CT molecular complexity index is 694. The molecule has 0 unspecified atom stereocenters. The fraction of sp³-hybridized carbons (Fsp3) is 0.538. The number of sulfonamides is 1. The van der Waals surface area contributed by atoms with Crippen molar-refractivity contribution in [3.8, 4) is 5.75 Å². The molecule has 3 rings (SSSR count). The van der Waals surface area contributed by atoms with E-state index in [0.717, 1.165) is 19.2 Å². The second-order valence-corrected chi connectivity index (χ2v) is 7.50. The van der Waals surface area contributed by atoms with E-state index in [9.17, 15) is 18.5 Å². The van der Waals surface area contributed by atoms with Crippen molar-refractivity contribution in [1.82, 2.24) is 9.62 Å². The van der Waals surface area contributed by atoms with Crippen LogP contribution in [0, 0.1) is 22.0 Å². The van der Waals surface area contributed by atoms with Gasteiger partial charge in [-0.15, -0.1) is 0 Å². The Hall–Kier alpha value is -1.71. The van der Waals surface area contributed by atoms with Gasteiger partial charge in [0.1, 0.15) is 5.75 Å². The van der Waals surface area contributed by atoms with E-state index in [4.69, 9.17) is 4.74 Å². The van der Waals surface area contributed by atoms with Crippen LogP contribution in [0.1, 0.15) is 0 Å². The Balaban J connectivity index is 1.97. The number of nitro benzene ring substituents is 1. The third kappa shape index (κ3) is 2.44. The minimum Gasteiger partial charge on any atom is -0.497 e. The van der Waals surface area contributed by atoms with Crippen molar-refractivity contribution in [2.75, 3.05) is 33.3 Å². The van der Waals surface area contributed by atoms with Gasteiger partial charge in [-0.3, -0.25) is 10.1 Å². The molecular formula is C13H17N3O5S. The molecule has 1 N–H and O–H groups in total. The van der Waals surface area contributed by atoms with Crippen LogP contribution in [0.25, 0.3) is 0 Å². The summed E-state index contributed by atoms with van der Waals surface area (Å²) in [6.45, 7) is 2.40. The summed E-state index contributed by atoms with van der Waals surface area (Å²) in [5, 5.41) is 14.4. The van der Waals surface area contributed by atoms with E-state index in [1.165, 1.54) is 23.5 Å². The zero-order valence-corrected chi connectivity index (χ0v) is 12.9. The average molecular weight is 327 g/mol. The van der Waals surface area contributed by atoms with Gasteiger partial charge in [-0.05, 0) is 37.1 Å². The Morgan fingerprint density at radius 1 is 1.32 bits per heavy atom. The normalized spacial score (nSPS) is 25.1. The van der Waals surface area contributed by atoms with Crippen LogP contribution < -0.4 is 10.1 Å². The fourth-order valence-corrected chi connectivity index (χ4v) is 4.82. The predicted octanol–water partition coefficient (Wildman–Crippen LogP) is 0.443. The van der Waals surface area contributed by atoms with Gasteiger partial charge in [0.15, 0.2) is 4.90 Å². The first-order valence-electron chi connectivity index (χ1n) is 6.97. The molecule has 120 valence electrons. The molecule has 9 heteroatoms. The summed E-state index contributed by atoms with van der Waals surface area (Å²) in [6.07, 6.45) is 0. The Morgan fingerprint density at radius 2 is 1.95 bits per heavy atom. The molecule has 2 saturated heterocycles. The van der Waals surface area contributed by atoms with E-state index in [0.29, 0.717) is 13.1 Å². The van der Waals surface area contributed by atoms with Crippen molar-refractivity contribution in [3.63, 3.8) is 0 Å². The minimum atomic E-state index is -3.87. The number of rotatable bonds is 4. The largest absolute Gasteiger partial charge is 0.497 e. The lowest BCUT2D eigenvalue weighted by Crippen LogP contribution is -2.32. The van der Waals surface area contributed by atoms with Gasteiger partial charge in [0.25, 0.3) is 5.69 Å². The molecule has 0 bridgehead atoms. The SMILES string of the molecule is COc1ccc(S(=O)(=O)N2C[C@H]3CNC[C@H]3C2)c([N+](=O)[O-])c1. The number of hydrogen-bond donors (Lipinski definition) is 1. The molecule has 2 heterocycles. The number of nitrogens with zero attached hydrogens (tertiary/aromatic N) is 2. The van der Waals surface area contributed by atoms with Crippen LogP contribution >= 0.6 is 0 Å². The lowest BCUT2D eigenvalue weighted by molar-refractivity contribution is -0.387. The maximum Gasteiger partial charge on any atom is 0.293 e. The van der Waals surface area contributed by atoms with Crippen LogP contribution in [0.2, 0.25) is 0 Å². The molecular weight excluding hydrogens is 310 g/mol. The van der Waals surface area contributed by atoms with Gasteiger partial charge in [0.2, 0.25) is 10.0 Å². The summed E-state index contributed by atoms with van der Waals surface area (Å²) in [4.78, 5) is 10.2. The van der Waals surface area contributed by atoms with Crippen LogP contribution in [0.15, 0.2) is 23.1 Å². The highest BCUT2D eigenvalue weighted by Gasteiger charge is 2.43. The lowest BCUT2D eigenvalue weighted by Gasteiger charge is -2.17. The second kappa shape index (κ2) is 5.49. The summed E-state index contributed by atoms with van der Waals surface area (Å²) in [6, 6.07) is 3.82. The van der Waals surface area contributed by atoms with E-state index in [1.807, 2.05) is 0 Å². The number of nitro groups is 1. The van der Waals surface area contributed by atoms with Crippen molar-refractivity contribution in [3.05, 3.63) is 28.3 Å². The lowest BCUT2D eigenvalue weighted by atomic mass is 10.0. The maximum absolute atomic E-state index is 12.8. The van der Waals surface area contributed by atoms with Crippen LogP contribution in [0.5, 0.6) is 5.75 Å². The van der Waals surface area contributed by atoms with Gasteiger partial charge in [0.05, 0.1) is 18.1 Å². The van der Waals surface area contributed by atoms with E-state index < -0.39 is 20.6 Å². The molecule has 22 heavy (non-hydrogen) atoms. The Morgan fingerprint density at radius 3 is 2.50 bits per heavy atom. The predicted molar refractivity (Wildman–Crippen MR) is 78.3 cm³/mol. The van der Waals surface area contributed by atoms with Crippen molar-refractivity contribution >= 4 is 15.7 Å².